The number of aromatic hydroxyl groups is 1. The minimum Gasteiger partial charge on any atom is -0.504 e. The normalized spacial score (nSPS) is 10.4. The van der Waals surface area contributed by atoms with E-state index < -0.39 is 5.91 Å². The molecule has 5 nitrogen and oxygen atoms in total. The number of rotatable bonds is 2. The van der Waals surface area contributed by atoms with Crippen LogP contribution in [0.1, 0.15) is 5.69 Å². The number of aromatic nitrogens is 2. The highest BCUT2D eigenvalue weighted by atomic mass is 16.3. The van der Waals surface area contributed by atoms with Gasteiger partial charge in [0.15, 0.2) is 5.75 Å². The van der Waals surface area contributed by atoms with Crippen LogP contribution in [0.2, 0.25) is 0 Å². The highest BCUT2D eigenvalue weighted by Gasteiger charge is 2.10. The van der Waals surface area contributed by atoms with Gasteiger partial charge in [-0.25, -0.2) is 0 Å². The highest BCUT2D eigenvalue weighted by molar-refractivity contribution is 5.86. The Morgan fingerprint density at radius 3 is 3.00 bits per heavy atom. The van der Waals surface area contributed by atoms with Crippen LogP contribution in [0.5, 0.6) is 5.75 Å². The molecule has 0 saturated heterocycles. The molecule has 2 aromatic heterocycles. The topological polar surface area (TPSA) is 89.1 Å². The number of primary amides is 1. The summed E-state index contributed by atoms with van der Waals surface area (Å²) in [5.41, 5.74) is 5.72. The maximum Gasteiger partial charge on any atom is 0.223 e. The fourth-order valence-corrected chi connectivity index (χ4v) is 1.36. The van der Waals surface area contributed by atoms with Gasteiger partial charge in [0.1, 0.15) is 5.52 Å². The maximum absolute atomic E-state index is 10.7. The Balaban J connectivity index is 2.59. The molecule has 0 unspecified atom stereocenters. The smallest absolute Gasteiger partial charge is 0.223 e. The molecule has 0 aliphatic carbocycles. The molecule has 15 heavy (non-hydrogen) atoms. The molecular formula is C10H9N3O2. The molecule has 2 heterocycles. The lowest BCUT2D eigenvalue weighted by atomic mass is 10.2. The molecule has 0 atom stereocenters. The highest BCUT2D eigenvalue weighted by Crippen LogP contribution is 2.24. The summed E-state index contributed by atoms with van der Waals surface area (Å²) in [6, 6.07) is 3.53. The minimum absolute atomic E-state index is 0.0769. The molecule has 0 aromatic carbocycles. The van der Waals surface area contributed by atoms with Gasteiger partial charge in [-0.2, -0.15) is 0 Å². The van der Waals surface area contributed by atoms with Gasteiger partial charge < -0.3 is 10.8 Å². The Bertz CT molecular complexity index is 525. The van der Waals surface area contributed by atoms with Crippen molar-refractivity contribution in [2.75, 3.05) is 0 Å². The van der Waals surface area contributed by atoms with Gasteiger partial charge in [0.25, 0.3) is 0 Å². The van der Waals surface area contributed by atoms with Gasteiger partial charge in [-0.1, -0.05) is 0 Å². The van der Waals surface area contributed by atoms with Crippen LogP contribution < -0.4 is 5.73 Å². The molecule has 3 N–H and O–H groups in total. The average molecular weight is 203 g/mol. The first-order chi connectivity index (χ1) is 7.18. The Kier molecular flexibility index (Phi) is 2.21. The van der Waals surface area contributed by atoms with Crippen LogP contribution >= 0.6 is 0 Å². The first-order valence-corrected chi connectivity index (χ1v) is 4.38. The van der Waals surface area contributed by atoms with Crippen molar-refractivity contribution < 1.29 is 9.90 Å². The second-order valence-electron chi connectivity index (χ2n) is 3.14. The summed E-state index contributed by atoms with van der Waals surface area (Å²) in [7, 11) is 0. The standard InChI is InChI=1S/C10H9N3O2/c11-8(14)4-7-10(15)9-6(5-13-7)2-1-3-12-9/h1-3,5,15H,4H2,(H2,11,14). The van der Waals surface area contributed by atoms with E-state index in [0.29, 0.717) is 5.52 Å². The van der Waals surface area contributed by atoms with E-state index >= 15 is 0 Å². The lowest BCUT2D eigenvalue weighted by Crippen LogP contribution is -2.14. The molecule has 0 bridgehead atoms. The zero-order chi connectivity index (χ0) is 10.8. The molecule has 0 saturated carbocycles. The number of carbonyl (C=O) groups excluding carboxylic acids is 1. The van der Waals surface area contributed by atoms with E-state index in [1.165, 1.54) is 0 Å². The zero-order valence-electron chi connectivity index (χ0n) is 7.84. The van der Waals surface area contributed by atoms with Crippen molar-refractivity contribution in [3.8, 4) is 5.75 Å². The molecule has 1 amide bonds. The van der Waals surface area contributed by atoms with E-state index in [9.17, 15) is 9.90 Å². The fraction of sp³-hybridized carbons (Fsp3) is 0.100. The third-order valence-corrected chi connectivity index (χ3v) is 2.04. The number of amides is 1. The van der Waals surface area contributed by atoms with Gasteiger partial charge in [0.05, 0.1) is 12.1 Å². The molecule has 0 fully saturated rings. The third-order valence-electron chi connectivity index (χ3n) is 2.04. The van der Waals surface area contributed by atoms with Crippen LogP contribution in [0, 0.1) is 0 Å². The van der Waals surface area contributed by atoms with Gasteiger partial charge in [-0.05, 0) is 12.1 Å². The van der Waals surface area contributed by atoms with Crippen molar-refractivity contribution in [2.45, 2.75) is 6.42 Å². The Hall–Kier alpha value is -2.17. The Labute approximate surface area is 85.6 Å². The lowest BCUT2D eigenvalue weighted by molar-refractivity contribution is -0.117. The molecule has 2 rings (SSSR count). The minimum atomic E-state index is -0.534. The van der Waals surface area contributed by atoms with Crippen molar-refractivity contribution in [1.29, 1.82) is 0 Å². The predicted molar refractivity (Wildman–Crippen MR) is 54.1 cm³/mol. The third kappa shape index (κ3) is 1.71. The average Bonchev–Trinajstić information content (AvgIpc) is 2.22. The van der Waals surface area contributed by atoms with Crippen LogP contribution in [-0.2, 0) is 11.2 Å². The zero-order valence-corrected chi connectivity index (χ0v) is 7.84. The van der Waals surface area contributed by atoms with Crippen LogP contribution in [0.25, 0.3) is 10.9 Å². The number of pyridine rings is 2. The van der Waals surface area contributed by atoms with Gasteiger partial charge >= 0.3 is 0 Å². The number of carbonyl (C=O) groups is 1. The monoisotopic (exact) mass is 203 g/mol. The Morgan fingerprint density at radius 1 is 1.47 bits per heavy atom. The Morgan fingerprint density at radius 2 is 2.27 bits per heavy atom. The number of hydrogen-bond donors (Lipinski definition) is 2. The second kappa shape index (κ2) is 3.53. The molecule has 5 heteroatoms. The van der Waals surface area contributed by atoms with E-state index in [4.69, 9.17) is 5.73 Å². The summed E-state index contributed by atoms with van der Waals surface area (Å²) in [6.45, 7) is 0. The quantitative estimate of drug-likeness (QED) is 0.737. The maximum atomic E-state index is 10.7. The van der Waals surface area contributed by atoms with Crippen molar-refractivity contribution in [2.24, 2.45) is 5.73 Å². The van der Waals surface area contributed by atoms with Gasteiger partial charge in [-0.3, -0.25) is 14.8 Å². The summed E-state index contributed by atoms with van der Waals surface area (Å²) in [5.74, 6) is -0.611. The van der Waals surface area contributed by atoms with E-state index in [1.54, 1.807) is 24.5 Å². The van der Waals surface area contributed by atoms with Crippen molar-refractivity contribution in [1.82, 2.24) is 9.97 Å². The first-order valence-electron chi connectivity index (χ1n) is 4.38. The molecule has 0 aliphatic rings. The first kappa shape index (κ1) is 9.39. The SMILES string of the molecule is NC(=O)Cc1ncc2cccnc2c1O. The summed E-state index contributed by atoms with van der Waals surface area (Å²) < 4.78 is 0. The van der Waals surface area contributed by atoms with E-state index in [2.05, 4.69) is 9.97 Å². The van der Waals surface area contributed by atoms with Crippen molar-refractivity contribution >= 4 is 16.8 Å². The van der Waals surface area contributed by atoms with Crippen LogP contribution in [0.15, 0.2) is 24.5 Å². The van der Waals surface area contributed by atoms with Crippen molar-refractivity contribution in [3.63, 3.8) is 0 Å². The summed E-state index contributed by atoms with van der Waals surface area (Å²) in [4.78, 5) is 18.7. The predicted octanol–water partition coefficient (Wildman–Crippen LogP) is 0.363. The van der Waals surface area contributed by atoms with E-state index in [0.717, 1.165) is 5.39 Å². The fourth-order valence-electron chi connectivity index (χ4n) is 1.36. The van der Waals surface area contributed by atoms with Gasteiger partial charge in [-0.15, -0.1) is 0 Å². The molecule has 76 valence electrons. The van der Waals surface area contributed by atoms with E-state index in [1.807, 2.05) is 0 Å². The molecule has 0 aliphatic heterocycles. The van der Waals surface area contributed by atoms with Gasteiger partial charge in [0, 0.05) is 17.8 Å². The second-order valence-corrected chi connectivity index (χ2v) is 3.14. The summed E-state index contributed by atoms with van der Waals surface area (Å²) in [6.07, 6.45) is 3.04. The van der Waals surface area contributed by atoms with Gasteiger partial charge in [0.2, 0.25) is 5.91 Å². The largest absolute Gasteiger partial charge is 0.504 e. The number of nitrogens with zero attached hydrogens (tertiary/aromatic N) is 2. The van der Waals surface area contributed by atoms with Crippen LogP contribution in [0.4, 0.5) is 0 Å². The van der Waals surface area contributed by atoms with Crippen LogP contribution in [0.3, 0.4) is 0 Å². The number of hydrogen-bond acceptors (Lipinski definition) is 4. The lowest BCUT2D eigenvalue weighted by Gasteiger charge is -2.03. The van der Waals surface area contributed by atoms with E-state index in [-0.39, 0.29) is 17.9 Å². The van der Waals surface area contributed by atoms with Crippen molar-refractivity contribution in [3.05, 3.63) is 30.2 Å². The summed E-state index contributed by atoms with van der Waals surface area (Å²) >= 11 is 0. The number of fused-ring (bicyclic) bond motifs is 1. The molecule has 0 radical (unpaired) electrons. The van der Waals surface area contributed by atoms with Crippen LogP contribution in [-0.4, -0.2) is 21.0 Å². The summed E-state index contributed by atoms with van der Waals surface area (Å²) in [5, 5.41) is 10.5. The number of nitrogens with two attached hydrogens (primary N) is 1. The molecule has 2 aromatic rings. The molecule has 0 spiro atoms. The molecular weight excluding hydrogens is 194 g/mol.